The van der Waals surface area contributed by atoms with Crippen molar-refractivity contribution >= 4 is 21.8 Å². The second-order valence-corrected chi connectivity index (χ2v) is 10.9. The van der Waals surface area contributed by atoms with Crippen molar-refractivity contribution in [2.24, 2.45) is 22.2 Å². The molecular formula is C18H30BrNO. The summed E-state index contributed by atoms with van der Waals surface area (Å²) in [4.78, 5) is 15.0. The van der Waals surface area contributed by atoms with E-state index in [2.05, 4.69) is 36.7 Å². The number of carbonyl (C=O) groups excluding carboxylic acids is 1. The van der Waals surface area contributed by atoms with Crippen LogP contribution in [0.15, 0.2) is 0 Å². The van der Waals surface area contributed by atoms with E-state index in [1.165, 1.54) is 38.5 Å². The van der Waals surface area contributed by atoms with Crippen LogP contribution in [-0.2, 0) is 4.79 Å². The Labute approximate surface area is 138 Å². The Morgan fingerprint density at radius 1 is 1.19 bits per heavy atom. The fourth-order valence-electron chi connectivity index (χ4n) is 6.82. The highest BCUT2D eigenvalue weighted by molar-refractivity contribution is 9.09. The van der Waals surface area contributed by atoms with Crippen molar-refractivity contribution in [1.29, 1.82) is 0 Å². The van der Waals surface area contributed by atoms with Gasteiger partial charge in [0.2, 0.25) is 5.91 Å². The zero-order chi connectivity index (χ0) is 15.5. The summed E-state index contributed by atoms with van der Waals surface area (Å²) in [5.74, 6) is 1.24. The molecule has 0 heterocycles. The number of rotatable bonds is 4. The lowest BCUT2D eigenvalue weighted by molar-refractivity contribution is -0.160. The third-order valence-corrected chi connectivity index (χ3v) is 6.51. The Morgan fingerprint density at radius 3 is 2.24 bits per heavy atom. The molecule has 120 valence electrons. The van der Waals surface area contributed by atoms with Crippen molar-refractivity contribution in [3.05, 3.63) is 0 Å². The molecule has 3 heteroatoms. The maximum atomic E-state index is 12.7. The van der Waals surface area contributed by atoms with Gasteiger partial charge in [-0.15, -0.1) is 0 Å². The smallest absolute Gasteiger partial charge is 0.222 e. The van der Waals surface area contributed by atoms with Crippen LogP contribution in [0.1, 0.15) is 65.7 Å². The van der Waals surface area contributed by atoms with Gasteiger partial charge >= 0.3 is 0 Å². The van der Waals surface area contributed by atoms with E-state index >= 15 is 0 Å². The topological polar surface area (TPSA) is 20.3 Å². The SMILES string of the molecule is CC(Br)CN(C)C(=O)CC12CC3CC(C)(CC(C)(C3)C1)C2. The summed E-state index contributed by atoms with van der Waals surface area (Å²) in [5.41, 5.74) is 1.33. The Bertz CT molecular complexity index is 428. The van der Waals surface area contributed by atoms with Gasteiger partial charge in [0.05, 0.1) is 0 Å². The minimum absolute atomic E-state index is 0.309. The highest BCUT2D eigenvalue weighted by Gasteiger charge is 2.60. The highest BCUT2D eigenvalue weighted by Crippen LogP contribution is 2.70. The van der Waals surface area contributed by atoms with E-state index in [4.69, 9.17) is 0 Å². The molecule has 0 radical (unpaired) electrons. The zero-order valence-electron chi connectivity index (χ0n) is 14.0. The van der Waals surface area contributed by atoms with E-state index in [-0.39, 0.29) is 0 Å². The molecule has 4 aliphatic carbocycles. The predicted molar refractivity (Wildman–Crippen MR) is 90.5 cm³/mol. The first-order valence-corrected chi connectivity index (χ1v) is 9.42. The van der Waals surface area contributed by atoms with Crippen molar-refractivity contribution in [1.82, 2.24) is 4.90 Å². The van der Waals surface area contributed by atoms with E-state index in [0.717, 1.165) is 18.9 Å². The fraction of sp³-hybridized carbons (Fsp3) is 0.944. The van der Waals surface area contributed by atoms with E-state index in [1.54, 1.807) is 0 Å². The molecule has 4 rings (SSSR count). The lowest BCUT2D eigenvalue weighted by Gasteiger charge is -2.65. The van der Waals surface area contributed by atoms with Crippen LogP contribution >= 0.6 is 15.9 Å². The molecule has 0 N–H and O–H groups in total. The molecule has 0 saturated heterocycles. The molecule has 1 amide bonds. The highest BCUT2D eigenvalue weighted by atomic mass is 79.9. The Hall–Kier alpha value is -0.0500. The average molecular weight is 356 g/mol. The van der Waals surface area contributed by atoms with E-state index < -0.39 is 0 Å². The zero-order valence-corrected chi connectivity index (χ0v) is 15.6. The third kappa shape index (κ3) is 3.04. The molecule has 0 aromatic heterocycles. The standard InChI is InChI=1S/C18H30BrNO/c1-13(19)9-20(4)15(21)8-18-7-14-5-16(2,11-18)10-17(3,6-14)12-18/h13-14H,5-12H2,1-4H3. The summed E-state index contributed by atoms with van der Waals surface area (Å²) in [6.45, 7) is 7.89. The van der Waals surface area contributed by atoms with Crippen molar-refractivity contribution in [2.45, 2.75) is 70.5 Å². The first-order chi connectivity index (χ1) is 9.63. The van der Waals surface area contributed by atoms with Gasteiger partial charge in [0.15, 0.2) is 0 Å². The second kappa shape index (κ2) is 4.97. The summed E-state index contributed by atoms with van der Waals surface area (Å²) in [6.07, 6.45) is 8.87. The summed E-state index contributed by atoms with van der Waals surface area (Å²) in [7, 11) is 1.96. The van der Waals surface area contributed by atoms with Gasteiger partial charge in [0, 0.05) is 24.8 Å². The number of amides is 1. The second-order valence-electron chi connectivity index (χ2n) is 9.36. The van der Waals surface area contributed by atoms with Gasteiger partial charge in [0.1, 0.15) is 0 Å². The molecule has 4 fully saturated rings. The number of hydrogen-bond acceptors (Lipinski definition) is 1. The first kappa shape index (κ1) is 15.8. The molecule has 0 spiro atoms. The summed E-state index contributed by atoms with van der Waals surface area (Å²) < 4.78 is 0. The molecule has 0 aromatic rings. The number of halogens is 1. The fourth-order valence-corrected chi connectivity index (χ4v) is 7.25. The summed E-state index contributed by atoms with van der Waals surface area (Å²) >= 11 is 3.56. The van der Waals surface area contributed by atoms with Crippen LogP contribution in [0.25, 0.3) is 0 Å². The Morgan fingerprint density at radius 2 is 1.76 bits per heavy atom. The normalized spacial score (nSPS) is 45.7. The van der Waals surface area contributed by atoms with Gasteiger partial charge in [-0.3, -0.25) is 4.79 Å². The number of alkyl halides is 1. The van der Waals surface area contributed by atoms with Gasteiger partial charge in [-0.05, 0) is 60.7 Å². The quantitative estimate of drug-likeness (QED) is 0.674. The minimum Gasteiger partial charge on any atom is -0.345 e. The average Bonchev–Trinajstić information content (AvgIpc) is 2.21. The van der Waals surface area contributed by atoms with Gasteiger partial charge in [0.25, 0.3) is 0 Å². The van der Waals surface area contributed by atoms with E-state index in [9.17, 15) is 4.79 Å². The number of hydrogen-bond donors (Lipinski definition) is 0. The monoisotopic (exact) mass is 355 g/mol. The summed E-state index contributed by atoms with van der Waals surface area (Å²) in [5, 5.41) is 0. The largest absolute Gasteiger partial charge is 0.345 e. The molecule has 4 saturated carbocycles. The molecule has 4 bridgehead atoms. The number of carbonyl (C=O) groups is 1. The van der Waals surface area contributed by atoms with Crippen LogP contribution in [0.3, 0.4) is 0 Å². The van der Waals surface area contributed by atoms with Crippen LogP contribution < -0.4 is 0 Å². The number of nitrogens with zero attached hydrogens (tertiary/aromatic N) is 1. The van der Waals surface area contributed by atoms with Crippen LogP contribution in [0.4, 0.5) is 0 Å². The Balaban J connectivity index is 1.74. The maximum absolute atomic E-state index is 12.7. The van der Waals surface area contributed by atoms with E-state index in [0.29, 0.717) is 27.0 Å². The maximum Gasteiger partial charge on any atom is 0.222 e. The van der Waals surface area contributed by atoms with Crippen molar-refractivity contribution < 1.29 is 4.79 Å². The third-order valence-electron chi connectivity index (χ3n) is 6.22. The Kier molecular flexibility index (Phi) is 3.75. The molecule has 3 unspecified atom stereocenters. The van der Waals surface area contributed by atoms with Crippen molar-refractivity contribution in [3.8, 4) is 0 Å². The van der Waals surface area contributed by atoms with Crippen molar-refractivity contribution in [3.63, 3.8) is 0 Å². The molecule has 0 aromatic carbocycles. The first-order valence-electron chi connectivity index (χ1n) is 8.51. The molecule has 2 nitrogen and oxygen atoms in total. The van der Waals surface area contributed by atoms with Crippen LogP contribution in [0.2, 0.25) is 0 Å². The predicted octanol–water partition coefficient (Wildman–Crippen LogP) is 4.61. The molecular weight excluding hydrogens is 326 g/mol. The molecule has 21 heavy (non-hydrogen) atoms. The summed E-state index contributed by atoms with van der Waals surface area (Å²) in [6, 6.07) is 0. The lowest BCUT2D eigenvalue weighted by atomic mass is 9.40. The van der Waals surface area contributed by atoms with E-state index in [1.807, 2.05) is 11.9 Å². The minimum atomic E-state index is 0.309. The van der Waals surface area contributed by atoms with Crippen LogP contribution in [0, 0.1) is 22.2 Å². The van der Waals surface area contributed by atoms with Gasteiger partial charge in [-0.1, -0.05) is 36.7 Å². The molecule has 4 aliphatic rings. The molecule has 0 aliphatic heterocycles. The van der Waals surface area contributed by atoms with Gasteiger partial charge < -0.3 is 4.90 Å². The van der Waals surface area contributed by atoms with Crippen molar-refractivity contribution in [2.75, 3.05) is 13.6 Å². The lowest BCUT2D eigenvalue weighted by Crippen LogP contribution is -2.56. The van der Waals surface area contributed by atoms with Gasteiger partial charge in [-0.2, -0.15) is 0 Å². The molecule has 3 atom stereocenters. The van der Waals surface area contributed by atoms with Crippen LogP contribution in [0.5, 0.6) is 0 Å². The van der Waals surface area contributed by atoms with Gasteiger partial charge in [-0.25, -0.2) is 0 Å². The van der Waals surface area contributed by atoms with Crippen LogP contribution in [-0.4, -0.2) is 29.2 Å².